The van der Waals surface area contributed by atoms with Gasteiger partial charge in [0.15, 0.2) is 0 Å². The third-order valence-electron chi connectivity index (χ3n) is 2.63. The van der Waals surface area contributed by atoms with E-state index in [2.05, 4.69) is 5.32 Å². The van der Waals surface area contributed by atoms with E-state index >= 15 is 0 Å². The summed E-state index contributed by atoms with van der Waals surface area (Å²) in [5.41, 5.74) is 8.09. The maximum absolute atomic E-state index is 12.1. The fraction of sp³-hybridized carbons (Fsp3) is 0.0714. The Morgan fingerprint density at radius 3 is 2.58 bits per heavy atom. The van der Waals surface area contributed by atoms with Crippen LogP contribution in [0.25, 0.3) is 0 Å². The average Bonchev–Trinajstić information content (AvgIpc) is 2.35. The first kappa shape index (κ1) is 13.7. The number of amides is 1. The summed E-state index contributed by atoms with van der Waals surface area (Å²) in [6, 6.07) is 10.2. The fourth-order valence-electron chi connectivity index (χ4n) is 1.65. The van der Waals surface area contributed by atoms with Crippen LogP contribution in [0.1, 0.15) is 15.9 Å². The first-order chi connectivity index (χ1) is 8.97. The highest BCUT2D eigenvalue weighted by molar-refractivity contribution is 6.36. The number of halogens is 2. The smallest absolute Gasteiger partial charge is 0.257 e. The number of nitrogens with two attached hydrogens (primary N) is 1. The first-order valence-corrected chi connectivity index (χ1v) is 6.35. The Labute approximate surface area is 121 Å². The summed E-state index contributed by atoms with van der Waals surface area (Å²) >= 11 is 11.8. The lowest BCUT2D eigenvalue weighted by Crippen LogP contribution is -2.14. The van der Waals surface area contributed by atoms with Crippen molar-refractivity contribution in [1.29, 1.82) is 0 Å². The van der Waals surface area contributed by atoms with Gasteiger partial charge in [-0.05, 0) is 37.3 Å². The lowest BCUT2D eigenvalue weighted by molar-refractivity contribution is 0.102. The maximum Gasteiger partial charge on any atom is 0.257 e. The van der Waals surface area contributed by atoms with E-state index in [4.69, 9.17) is 28.9 Å². The number of carbonyl (C=O) groups excluding carboxylic acids is 1. The number of carbonyl (C=O) groups is 1. The molecule has 0 spiro atoms. The number of nitrogens with one attached hydrogen (secondary N) is 1. The molecule has 2 rings (SSSR count). The van der Waals surface area contributed by atoms with Crippen LogP contribution in [0.5, 0.6) is 0 Å². The van der Waals surface area contributed by atoms with Crippen molar-refractivity contribution in [3.63, 3.8) is 0 Å². The molecule has 0 aliphatic heterocycles. The Kier molecular flexibility index (Phi) is 3.98. The highest BCUT2D eigenvalue weighted by Crippen LogP contribution is 2.26. The van der Waals surface area contributed by atoms with Gasteiger partial charge in [-0.3, -0.25) is 4.79 Å². The Morgan fingerprint density at radius 1 is 1.16 bits per heavy atom. The molecule has 0 unspecified atom stereocenters. The molecule has 3 nitrogen and oxygen atoms in total. The van der Waals surface area contributed by atoms with E-state index in [1.807, 2.05) is 13.0 Å². The minimum atomic E-state index is -0.301. The second kappa shape index (κ2) is 5.51. The molecule has 0 radical (unpaired) electrons. The second-order valence-electron chi connectivity index (χ2n) is 4.17. The highest BCUT2D eigenvalue weighted by atomic mass is 35.5. The minimum Gasteiger partial charge on any atom is -0.398 e. The van der Waals surface area contributed by atoms with Gasteiger partial charge in [-0.1, -0.05) is 34.8 Å². The zero-order valence-corrected chi connectivity index (χ0v) is 11.7. The highest BCUT2D eigenvalue weighted by Gasteiger charge is 2.12. The molecule has 3 N–H and O–H groups in total. The third-order valence-corrected chi connectivity index (χ3v) is 3.18. The molecule has 0 saturated heterocycles. The predicted molar refractivity (Wildman–Crippen MR) is 80.0 cm³/mol. The van der Waals surface area contributed by atoms with Crippen molar-refractivity contribution in [2.75, 3.05) is 11.1 Å². The van der Waals surface area contributed by atoms with Crippen molar-refractivity contribution in [3.05, 3.63) is 57.6 Å². The molecule has 0 atom stereocenters. The van der Waals surface area contributed by atoms with Gasteiger partial charge in [-0.2, -0.15) is 0 Å². The van der Waals surface area contributed by atoms with Gasteiger partial charge in [-0.15, -0.1) is 0 Å². The molecule has 98 valence electrons. The van der Waals surface area contributed by atoms with Gasteiger partial charge in [-0.25, -0.2) is 0 Å². The summed E-state index contributed by atoms with van der Waals surface area (Å²) in [6.07, 6.45) is 0. The summed E-state index contributed by atoms with van der Waals surface area (Å²) in [7, 11) is 0. The zero-order valence-electron chi connectivity index (χ0n) is 10.2. The Hall–Kier alpha value is -1.71. The van der Waals surface area contributed by atoms with Crippen molar-refractivity contribution in [1.82, 2.24) is 0 Å². The SMILES string of the molecule is Cc1ccc(N)c(C(=O)Nc2ccc(Cl)cc2Cl)c1. The first-order valence-electron chi connectivity index (χ1n) is 5.60. The molecule has 0 fully saturated rings. The van der Waals surface area contributed by atoms with Crippen molar-refractivity contribution >= 4 is 40.5 Å². The lowest BCUT2D eigenvalue weighted by Gasteiger charge is -2.10. The number of anilines is 2. The fourth-order valence-corrected chi connectivity index (χ4v) is 2.10. The average molecular weight is 295 g/mol. The Morgan fingerprint density at radius 2 is 1.89 bits per heavy atom. The molecule has 0 aliphatic carbocycles. The Bertz CT molecular complexity index is 641. The summed E-state index contributed by atoms with van der Waals surface area (Å²) < 4.78 is 0. The molecule has 19 heavy (non-hydrogen) atoms. The summed E-state index contributed by atoms with van der Waals surface area (Å²) in [5.74, 6) is -0.301. The van der Waals surface area contributed by atoms with Crippen molar-refractivity contribution < 1.29 is 4.79 Å². The molecule has 0 aliphatic rings. The second-order valence-corrected chi connectivity index (χ2v) is 5.01. The van der Waals surface area contributed by atoms with Gasteiger partial charge < -0.3 is 11.1 Å². The van der Waals surface area contributed by atoms with Crippen LogP contribution in [0.4, 0.5) is 11.4 Å². The predicted octanol–water partition coefficient (Wildman–Crippen LogP) is 4.14. The van der Waals surface area contributed by atoms with E-state index in [0.29, 0.717) is 27.0 Å². The maximum atomic E-state index is 12.1. The van der Waals surface area contributed by atoms with E-state index in [-0.39, 0.29) is 5.91 Å². The van der Waals surface area contributed by atoms with E-state index < -0.39 is 0 Å². The third kappa shape index (κ3) is 3.19. The molecule has 0 saturated carbocycles. The monoisotopic (exact) mass is 294 g/mol. The molecule has 0 aromatic heterocycles. The zero-order chi connectivity index (χ0) is 14.0. The van der Waals surface area contributed by atoms with E-state index in [0.717, 1.165) is 5.56 Å². The molecule has 0 heterocycles. The Balaban J connectivity index is 2.28. The number of hydrogen-bond donors (Lipinski definition) is 2. The van der Waals surface area contributed by atoms with Crippen LogP contribution in [0.3, 0.4) is 0 Å². The van der Waals surface area contributed by atoms with Crippen LogP contribution in [0.15, 0.2) is 36.4 Å². The van der Waals surface area contributed by atoms with E-state index in [9.17, 15) is 4.79 Å². The van der Waals surface area contributed by atoms with Gasteiger partial charge in [0.1, 0.15) is 0 Å². The van der Waals surface area contributed by atoms with Crippen LogP contribution < -0.4 is 11.1 Å². The van der Waals surface area contributed by atoms with Gasteiger partial charge in [0.25, 0.3) is 5.91 Å². The molecule has 1 amide bonds. The van der Waals surface area contributed by atoms with E-state index in [1.54, 1.807) is 30.3 Å². The number of benzene rings is 2. The van der Waals surface area contributed by atoms with Crippen LogP contribution in [0, 0.1) is 6.92 Å². The quantitative estimate of drug-likeness (QED) is 0.818. The number of rotatable bonds is 2. The summed E-state index contributed by atoms with van der Waals surface area (Å²) in [5, 5.41) is 3.61. The van der Waals surface area contributed by atoms with Crippen molar-refractivity contribution in [3.8, 4) is 0 Å². The van der Waals surface area contributed by atoms with Crippen molar-refractivity contribution in [2.24, 2.45) is 0 Å². The van der Waals surface area contributed by atoms with Gasteiger partial charge in [0.2, 0.25) is 0 Å². The van der Waals surface area contributed by atoms with Crippen LogP contribution in [-0.4, -0.2) is 5.91 Å². The van der Waals surface area contributed by atoms with Crippen LogP contribution in [0.2, 0.25) is 10.0 Å². The normalized spacial score (nSPS) is 10.3. The van der Waals surface area contributed by atoms with Crippen LogP contribution >= 0.6 is 23.2 Å². The molecule has 2 aromatic carbocycles. The standard InChI is InChI=1S/C14H12Cl2N2O/c1-8-2-4-12(17)10(6-8)14(19)18-13-5-3-9(15)7-11(13)16/h2-7H,17H2,1H3,(H,18,19). The number of nitrogen functional groups attached to an aromatic ring is 1. The number of hydrogen-bond acceptors (Lipinski definition) is 2. The molecule has 0 bridgehead atoms. The van der Waals surface area contributed by atoms with Crippen molar-refractivity contribution in [2.45, 2.75) is 6.92 Å². The van der Waals surface area contributed by atoms with Gasteiger partial charge in [0.05, 0.1) is 16.3 Å². The van der Waals surface area contributed by atoms with Gasteiger partial charge in [0, 0.05) is 10.7 Å². The summed E-state index contributed by atoms with van der Waals surface area (Å²) in [6.45, 7) is 1.89. The molecular weight excluding hydrogens is 283 g/mol. The molecular formula is C14H12Cl2N2O. The topological polar surface area (TPSA) is 55.1 Å². The molecule has 2 aromatic rings. The lowest BCUT2D eigenvalue weighted by atomic mass is 10.1. The largest absolute Gasteiger partial charge is 0.398 e. The van der Waals surface area contributed by atoms with Crippen LogP contribution in [-0.2, 0) is 0 Å². The van der Waals surface area contributed by atoms with E-state index in [1.165, 1.54) is 0 Å². The minimum absolute atomic E-state index is 0.301. The number of aryl methyl sites for hydroxylation is 1. The molecule has 5 heteroatoms. The summed E-state index contributed by atoms with van der Waals surface area (Å²) in [4.78, 5) is 12.1. The van der Waals surface area contributed by atoms with Gasteiger partial charge >= 0.3 is 0 Å².